The Balaban J connectivity index is 1.79. The van der Waals surface area contributed by atoms with Crippen LogP contribution in [0.15, 0.2) is 18.3 Å². The molecule has 3 nitrogen and oxygen atoms in total. The van der Waals surface area contributed by atoms with E-state index in [9.17, 15) is 0 Å². The molecule has 0 atom stereocenters. The van der Waals surface area contributed by atoms with Gasteiger partial charge in [-0.25, -0.2) is 0 Å². The average molecular weight is 233 g/mol. The van der Waals surface area contributed by atoms with Crippen molar-refractivity contribution in [1.29, 1.82) is 0 Å². The second-order valence-electron chi connectivity index (χ2n) is 5.09. The molecule has 1 fully saturated rings. The molecule has 0 bridgehead atoms. The molecule has 94 valence electrons. The van der Waals surface area contributed by atoms with Crippen molar-refractivity contribution in [2.45, 2.75) is 39.2 Å². The van der Waals surface area contributed by atoms with Gasteiger partial charge in [0.05, 0.1) is 17.6 Å². The molecule has 0 saturated carbocycles. The van der Waals surface area contributed by atoms with Crippen LogP contribution in [-0.4, -0.2) is 23.0 Å². The van der Waals surface area contributed by atoms with Crippen molar-refractivity contribution in [2.24, 2.45) is 5.92 Å². The molecule has 0 spiro atoms. The molecule has 2 rings (SSSR count). The van der Waals surface area contributed by atoms with Crippen molar-refractivity contribution in [1.82, 2.24) is 9.88 Å². The Morgan fingerprint density at radius 3 is 2.71 bits per heavy atom. The predicted octanol–water partition coefficient (Wildman–Crippen LogP) is 2.68. The van der Waals surface area contributed by atoms with Gasteiger partial charge in [0.15, 0.2) is 0 Å². The van der Waals surface area contributed by atoms with Gasteiger partial charge in [-0.1, -0.05) is 19.8 Å². The van der Waals surface area contributed by atoms with Gasteiger partial charge in [-0.15, -0.1) is 0 Å². The first-order valence-electron chi connectivity index (χ1n) is 6.70. The van der Waals surface area contributed by atoms with Crippen LogP contribution in [0.3, 0.4) is 0 Å². The Hall–Kier alpha value is -1.09. The van der Waals surface area contributed by atoms with Gasteiger partial charge in [0, 0.05) is 6.54 Å². The van der Waals surface area contributed by atoms with Crippen molar-refractivity contribution in [3.8, 4) is 0 Å². The molecule has 1 saturated heterocycles. The third-order valence-corrected chi connectivity index (χ3v) is 3.64. The maximum atomic E-state index is 5.64. The highest BCUT2D eigenvalue weighted by atomic mass is 15.1. The molecular formula is C14H23N3. The fourth-order valence-corrected chi connectivity index (χ4v) is 2.60. The Kier molecular flexibility index (Phi) is 4.37. The van der Waals surface area contributed by atoms with Gasteiger partial charge in [-0.05, 0) is 44.0 Å². The summed E-state index contributed by atoms with van der Waals surface area (Å²) < 4.78 is 0. The van der Waals surface area contributed by atoms with Crippen molar-refractivity contribution in [3.63, 3.8) is 0 Å². The number of piperidine rings is 1. The summed E-state index contributed by atoms with van der Waals surface area (Å²) in [4.78, 5) is 6.87. The highest BCUT2D eigenvalue weighted by Crippen LogP contribution is 2.22. The van der Waals surface area contributed by atoms with Crippen LogP contribution in [0.5, 0.6) is 0 Å². The van der Waals surface area contributed by atoms with Gasteiger partial charge in [-0.3, -0.25) is 9.88 Å². The number of likely N-dealkylation sites (tertiary alicyclic amines) is 1. The summed E-state index contributed by atoms with van der Waals surface area (Å²) in [5.74, 6) is 0.954. The Morgan fingerprint density at radius 2 is 2.12 bits per heavy atom. The Labute approximate surface area is 104 Å². The van der Waals surface area contributed by atoms with E-state index in [0.717, 1.165) is 23.8 Å². The van der Waals surface area contributed by atoms with Crippen LogP contribution in [0.25, 0.3) is 0 Å². The fourth-order valence-electron chi connectivity index (χ4n) is 2.60. The molecule has 1 aromatic rings. The first-order chi connectivity index (χ1) is 8.28. The van der Waals surface area contributed by atoms with Crippen LogP contribution < -0.4 is 5.73 Å². The minimum atomic E-state index is 0.746. The molecule has 3 heteroatoms. The molecule has 2 N–H and O–H groups in total. The second-order valence-corrected chi connectivity index (χ2v) is 5.09. The monoisotopic (exact) mass is 233 g/mol. The number of nitrogens with two attached hydrogens (primary N) is 1. The predicted molar refractivity (Wildman–Crippen MR) is 71.6 cm³/mol. The highest BCUT2D eigenvalue weighted by molar-refractivity contribution is 5.34. The molecule has 0 unspecified atom stereocenters. The van der Waals surface area contributed by atoms with E-state index in [4.69, 9.17) is 5.73 Å². The summed E-state index contributed by atoms with van der Waals surface area (Å²) in [5, 5.41) is 0. The van der Waals surface area contributed by atoms with Gasteiger partial charge in [-0.2, -0.15) is 0 Å². The van der Waals surface area contributed by atoms with E-state index in [-0.39, 0.29) is 0 Å². The number of pyridine rings is 1. The lowest BCUT2D eigenvalue weighted by molar-refractivity contribution is 0.170. The van der Waals surface area contributed by atoms with Gasteiger partial charge in [0.25, 0.3) is 0 Å². The number of nitrogen functional groups attached to an aromatic ring is 1. The minimum Gasteiger partial charge on any atom is -0.397 e. The summed E-state index contributed by atoms with van der Waals surface area (Å²) in [5.41, 5.74) is 7.51. The molecule has 1 aliphatic heterocycles. The summed E-state index contributed by atoms with van der Waals surface area (Å²) in [6.45, 7) is 5.69. The minimum absolute atomic E-state index is 0.746. The number of hydrogen-bond acceptors (Lipinski definition) is 3. The van der Waals surface area contributed by atoms with E-state index in [1.54, 1.807) is 6.20 Å². The second kappa shape index (κ2) is 6.01. The van der Waals surface area contributed by atoms with Crippen LogP contribution in [-0.2, 0) is 6.54 Å². The maximum Gasteiger partial charge on any atom is 0.0545 e. The van der Waals surface area contributed by atoms with Gasteiger partial charge in [0.1, 0.15) is 0 Å². The van der Waals surface area contributed by atoms with E-state index in [1.165, 1.54) is 38.8 Å². The first-order valence-corrected chi connectivity index (χ1v) is 6.70. The van der Waals surface area contributed by atoms with Crippen molar-refractivity contribution < 1.29 is 0 Å². The van der Waals surface area contributed by atoms with Crippen LogP contribution in [0.4, 0.5) is 5.69 Å². The van der Waals surface area contributed by atoms with E-state index in [2.05, 4.69) is 16.8 Å². The Morgan fingerprint density at radius 1 is 1.35 bits per heavy atom. The summed E-state index contributed by atoms with van der Waals surface area (Å²) in [6.07, 6.45) is 7.17. The Bertz CT molecular complexity index is 326. The quantitative estimate of drug-likeness (QED) is 0.869. The zero-order valence-electron chi connectivity index (χ0n) is 10.7. The first kappa shape index (κ1) is 12.4. The van der Waals surface area contributed by atoms with Crippen molar-refractivity contribution in [3.05, 3.63) is 24.0 Å². The van der Waals surface area contributed by atoms with E-state index >= 15 is 0 Å². The topological polar surface area (TPSA) is 42.1 Å². The number of aromatic nitrogens is 1. The lowest BCUT2D eigenvalue weighted by atomic mass is 9.92. The number of rotatable bonds is 4. The van der Waals surface area contributed by atoms with Crippen LogP contribution >= 0.6 is 0 Å². The van der Waals surface area contributed by atoms with Crippen molar-refractivity contribution in [2.75, 3.05) is 18.8 Å². The van der Waals surface area contributed by atoms with Gasteiger partial charge in [0.2, 0.25) is 0 Å². The molecule has 0 aromatic carbocycles. The standard InChI is InChI=1S/C14H23N3/c1-2-3-12-6-8-17(9-7-12)11-14-5-4-13(15)10-16-14/h4-5,10,12H,2-3,6-9,11,15H2,1H3. The van der Waals surface area contributed by atoms with Gasteiger partial charge >= 0.3 is 0 Å². The van der Waals surface area contributed by atoms with E-state index in [1.807, 2.05) is 12.1 Å². The average Bonchev–Trinajstić information content (AvgIpc) is 2.35. The SMILES string of the molecule is CCCC1CCN(Cc2ccc(N)cn2)CC1. The number of anilines is 1. The third-order valence-electron chi connectivity index (χ3n) is 3.64. The molecular weight excluding hydrogens is 210 g/mol. The summed E-state index contributed by atoms with van der Waals surface area (Å²) in [7, 11) is 0. The fraction of sp³-hybridized carbons (Fsp3) is 0.643. The molecule has 1 aliphatic rings. The van der Waals surface area contributed by atoms with Gasteiger partial charge < -0.3 is 5.73 Å². The smallest absolute Gasteiger partial charge is 0.0545 e. The molecule has 0 amide bonds. The summed E-state index contributed by atoms with van der Waals surface area (Å²) in [6, 6.07) is 3.97. The van der Waals surface area contributed by atoms with E-state index in [0.29, 0.717) is 0 Å². The number of hydrogen-bond donors (Lipinski definition) is 1. The van der Waals surface area contributed by atoms with E-state index < -0.39 is 0 Å². The molecule has 0 aliphatic carbocycles. The zero-order chi connectivity index (χ0) is 12.1. The molecule has 0 radical (unpaired) electrons. The number of nitrogens with zero attached hydrogens (tertiary/aromatic N) is 2. The molecule has 2 heterocycles. The van der Waals surface area contributed by atoms with Crippen LogP contribution in [0, 0.1) is 5.92 Å². The summed E-state index contributed by atoms with van der Waals surface area (Å²) >= 11 is 0. The van der Waals surface area contributed by atoms with Crippen LogP contribution in [0.1, 0.15) is 38.3 Å². The zero-order valence-corrected chi connectivity index (χ0v) is 10.7. The lowest BCUT2D eigenvalue weighted by Crippen LogP contribution is -2.33. The molecule has 1 aromatic heterocycles. The van der Waals surface area contributed by atoms with Crippen molar-refractivity contribution >= 4 is 5.69 Å². The molecule has 17 heavy (non-hydrogen) atoms. The largest absolute Gasteiger partial charge is 0.397 e. The lowest BCUT2D eigenvalue weighted by Gasteiger charge is -2.31. The maximum absolute atomic E-state index is 5.64. The van der Waals surface area contributed by atoms with Crippen LogP contribution in [0.2, 0.25) is 0 Å². The third kappa shape index (κ3) is 3.70. The highest BCUT2D eigenvalue weighted by Gasteiger charge is 2.18. The normalized spacial score (nSPS) is 18.4.